The number of anilines is 1. The van der Waals surface area contributed by atoms with Gasteiger partial charge in [-0.25, -0.2) is 9.78 Å². The number of para-hydroxylation sites is 1. The van der Waals surface area contributed by atoms with Crippen LogP contribution in [0.1, 0.15) is 21.7 Å². The van der Waals surface area contributed by atoms with Crippen molar-refractivity contribution in [3.8, 4) is 17.6 Å². The van der Waals surface area contributed by atoms with E-state index in [1.54, 1.807) is 12.4 Å². The van der Waals surface area contributed by atoms with Gasteiger partial charge in [0.1, 0.15) is 16.7 Å². The molecule has 4 rings (SSSR count). The maximum atomic E-state index is 12.2. The van der Waals surface area contributed by atoms with E-state index in [0.29, 0.717) is 11.7 Å². The van der Waals surface area contributed by atoms with Crippen LogP contribution in [-0.4, -0.2) is 28.6 Å². The summed E-state index contributed by atoms with van der Waals surface area (Å²) in [4.78, 5) is 21.4. The monoisotopic (exact) mass is 390 g/mol. The van der Waals surface area contributed by atoms with E-state index < -0.39 is 0 Å². The summed E-state index contributed by atoms with van der Waals surface area (Å²) in [6.07, 6.45) is 4.14. The van der Waals surface area contributed by atoms with Gasteiger partial charge in [-0.3, -0.25) is 10.3 Å². The van der Waals surface area contributed by atoms with Gasteiger partial charge in [-0.15, -0.1) is 0 Å². The summed E-state index contributed by atoms with van der Waals surface area (Å²) in [5.74, 6) is 7.06. The molecule has 2 amide bonds. The Morgan fingerprint density at radius 1 is 1.25 bits per heavy atom. The smallest absolute Gasteiger partial charge is 0.321 e. The lowest BCUT2D eigenvalue weighted by molar-refractivity contribution is 0.219. The van der Waals surface area contributed by atoms with Crippen LogP contribution >= 0.6 is 11.3 Å². The predicted molar refractivity (Wildman–Crippen MR) is 109 cm³/mol. The molecule has 1 aliphatic rings. The van der Waals surface area contributed by atoms with Crippen LogP contribution in [0.4, 0.5) is 9.93 Å². The number of aryl methyl sites for hydroxylation is 1. The summed E-state index contributed by atoms with van der Waals surface area (Å²) in [5.41, 5.74) is 2.84. The van der Waals surface area contributed by atoms with Crippen molar-refractivity contribution in [2.24, 2.45) is 0 Å². The molecule has 6 nitrogen and oxygen atoms in total. The Morgan fingerprint density at radius 2 is 2.07 bits per heavy atom. The number of urea groups is 1. The van der Waals surface area contributed by atoms with Crippen LogP contribution in [0.5, 0.6) is 5.75 Å². The molecule has 3 heterocycles. The van der Waals surface area contributed by atoms with Crippen molar-refractivity contribution < 1.29 is 9.53 Å². The highest BCUT2D eigenvalue weighted by Crippen LogP contribution is 2.27. The molecule has 1 aromatic carbocycles. The van der Waals surface area contributed by atoms with Crippen LogP contribution in [-0.2, 0) is 6.42 Å². The molecule has 0 bridgehead atoms. The highest BCUT2D eigenvalue weighted by atomic mass is 32.1. The SMILES string of the molecule is Cc1nc(NC(=O)NCC2Cc3ccccc3O2)sc1C#Cc1ccncc1. The Kier molecular flexibility index (Phi) is 5.22. The average molecular weight is 390 g/mol. The van der Waals surface area contributed by atoms with Gasteiger partial charge in [-0.2, -0.15) is 0 Å². The minimum atomic E-state index is -0.304. The van der Waals surface area contributed by atoms with E-state index in [-0.39, 0.29) is 12.1 Å². The third-order valence-electron chi connectivity index (χ3n) is 4.22. The van der Waals surface area contributed by atoms with Gasteiger partial charge >= 0.3 is 6.03 Å². The quantitative estimate of drug-likeness (QED) is 0.673. The Morgan fingerprint density at radius 3 is 2.89 bits per heavy atom. The van der Waals surface area contributed by atoms with Crippen molar-refractivity contribution in [1.29, 1.82) is 0 Å². The van der Waals surface area contributed by atoms with E-state index >= 15 is 0 Å². The Hall–Kier alpha value is -3.37. The van der Waals surface area contributed by atoms with Gasteiger partial charge in [0.05, 0.1) is 12.2 Å². The van der Waals surface area contributed by atoms with Crippen LogP contribution in [0, 0.1) is 18.8 Å². The molecule has 0 spiro atoms. The number of ether oxygens (including phenoxy) is 1. The Bertz CT molecular complexity index is 1030. The Balaban J connectivity index is 1.31. The van der Waals surface area contributed by atoms with E-state index in [9.17, 15) is 4.79 Å². The molecular formula is C21H18N4O2S. The summed E-state index contributed by atoms with van der Waals surface area (Å²) >= 11 is 1.35. The fourth-order valence-electron chi connectivity index (χ4n) is 2.85. The van der Waals surface area contributed by atoms with E-state index in [1.807, 2.05) is 43.3 Å². The summed E-state index contributed by atoms with van der Waals surface area (Å²) in [6.45, 7) is 2.30. The number of hydrogen-bond acceptors (Lipinski definition) is 5. The minimum Gasteiger partial charge on any atom is -0.488 e. The summed E-state index contributed by atoms with van der Waals surface area (Å²) in [6, 6.07) is 11.3. The standard InChI is InChI=1S/C21H18N4O2S/c1-14-19(7-6-15-8-10-22-11-9-15)28-21(24-14)25-20(26)23-13-17-12-16-4-2-3-5-18(16)27-17/h2-5,8-11,17H,12-13H2,1H3,(H2,23,24,25,26). The molecule has 1 aliphatic heterocycles. The van der Waals surface area contributed by atoms with Gasteiger partial charge in [0, 0.05) is 24.4 Å². The molecule has 28 heavy (non-hydrogen) atoms. The first kappa shape index (κ1) is 18.0. The van der Waals surface area contributed by atoms with Gasteiger partial charge in [0.2, 0.25) is 0 Å². The first-order valence-corrected chi connectivity index (χ1v) is 9.68. The molecule has 0 fully saturated rings. The van der Waals surface area contributed by atoms with Gasteiger partial charge < -0.3 is 10.1 Å². The van der Waals surface area contributed by atoms with Crippen LogP contribution in [0.3, 0.4) is 0 Å². The number of fused-ring (bicyclic) bond motifs is 1. The maximum absolute atomic E-state index is 12.2. The number of carbonyl (C=O) groups is 1. The first-order valence-electron chi connectivity index (χ1n) is 8.86. The molecule has 2 aromatic heterocycles. The number of carbonyl (C=O) groups excluding carboxylic acids is 1. The second kappa shape index (κ2) is 8.11. The number of thiazole rings is 1. The number of hydrogen-bond donors (Lipinski definition) is 2. The predicted octanol–water partition coefficient (Wildman–Crippen LogP) is 3.37. The maximum Gasteiger partial charge on any atom is 0.321 e. The molecule has 2 N–H and O–H groups in total. The van der Waals surface area contributed by atoms with Crippen LogP contribution < -0.4 is 15.4 Å². The molecule has 140 valence electrons. The Labute approximate surface area is 167 Å². The van der Waals surface area contributed by atoms with Crippen molar-refractivity contribution in [2.75, 3.05) is 11.9 Å². The molecule has 0 saturated carbocycles. The van der Waals surface area contributed by atoms with Crippen LogP contribution in [0.2, 0.25) is 0 Å². The van der Waals surface area contributed by atoms with E-state index in [0.717, 1.165) is 28.3 Å². The molecular weight excluding hydrogens is 372 g/mol. The number of nitrogens with one attached hydrogen (secondary N) is 2. The number of pyridine rings is 1. The lowest BCUT2D eigenvalue weighted by Gasteiger charge is -2.11. The molecule has 1 unspecified atom stereocenters. The zero-order valence-corrected chi connectivity index (χ0v) is 16.0. The third-order valence-corrected chi connectivity index (χ3v) is 5.21. The topological polar surface area (TPSA) is 76.1 Å². The highest BCUT2D eigenvalue weighted by molar-refractivity contribution is 7.16. The molecule has 0 saturated heterocycles. The number of benzene rings is 1. The van der Waals surface area contributed by atoms with Gasteiger partial charge in [-0.1, -0.05) is 35.5 Å². The van der Waals surface area contributed by atoms with E-state index in [1.165, 1.54) is 16.9 Å². The second-order valence-corrected chi connectivity index (χ2v) is 7.31. The van der Waals surface area contributed by atoms with Crippen molar-refractivity contribution in [1.82, 2.24) is 15.3 Å². The van der Waals surface area contributed by atoms with Crippen molar-refractivity contribution in [3.05, 3.63) is 70.5 Å². The van der Waals surface area contributed by atoms with Crippen molar-refractivity contribution in [3.63, 3.8) is 0 Å². The lowest BCUT2D eigenvalue weighted by atomic mass is 10.1. The highest BCUT2D eigenvalue weighted by Gasteiger charge is 2.22. The zero-order chi connectivity index (χ0) is 19.3. The summed E-state index contributed by atoms with van der Waals surface area (Å²) < 4.78 is 5.83. The number of aromatic nitrogens is 2. The number of nitrogens with zero attached hydrogens (tertiary/aromatic N) is 2. The third kappa shape index (κ3) is 4.30. The number of rotatable bonds is 3. The summed E-state index contributed by atoms with van der Waals surface area (Å²) in [5, 5.41) is 6.13. The molecule has 0 aliphatic carbocycles. The van der Waals surface area contributed by atoms with Gasteiger partial charge in [0.15, 0.2) is 5.13 Å². The molecule has 0 radical (unpaired) electrons. The zero-order valence-electron chi connectivity index (χ0n) is 15.2. The van der Waals surface area contributed by atoms with Gasteiger partial charge in [0.25, 0.3) is 0 Å². The fraction of sp³-hybridized carbons (Fsp3) is 0.190. The van der Waals surface area contributed by atoms with Crippen molar-refractivity contribution >= 4 is 22.5 Å². The van der Waals surface area contributed by atoms with Gasteiger partial charge in [-0.05, 0) is 36.6 Å². The lowest BCUT2D eigenvalue weighted by Crippen LogP contribution is -2.37. The second-order valence-electron chi connectivity index (χ2n) is 6.31. The fourth-order valence-corrected chi connectivity index (χ4v) is 3.66. The molecule has 3 aromatic rings. The van der Waals surface area contributed by atoms with Crippen LogP contribution in [0.15, 0.2) is 48.8 Å². The minimum absolute atomic E-state index is 0.0528. The summed E-state index contributed by atoms with van der Waals surface area (Å²) in [7, 11) is 0. The largest absolute Gasteiger partial charge is 0.488 e. The average Bonchev–Trinajstić information content (AvgIpc) is 3.28. The molecule has 1 atom stereocenters. The first-order chi connectivity index (χ1) is 13.7. The normalized spacial score (nSPS) is 14.4. The molecule has 7 heteroatoms. The van der Waals surface area contributed by atoms with Crippen LogP contribution in [0.25, 0.3) is 0 Å². The van der Waals surface area contributed by atoms with E-state index in [4.69, 9.17) is 4.74 Å². The van der Waals surface area contributed by atoms with Crippen molar-refractivity contribution in [2.45, 2.75) is 19.4 Å². The number of amides is 2. The van der Waals surface area contributed by atoms with E-state index in [2.05, 4.69) is 32.4 Å².